The first kappa shape index (κ1) is 17.5. The van der Waals surface area contributed by atoms with Crippen molar-refractivity contribution in [1.82, 2.24) is 24.9 Å². The molecule has 7 nitrogen and oxygen atoms in total. The SMILES string of the molecule is Cc1c(C(=O)NCCc2nnc3ccccn23)[nH]c2c1C(=O)CC(C)(C)C2. The van der Waals surface area contributed by atoms with E-state index >= 15 is 0 Å². The quantitative estimate of drug-likeness (QED) is 0.743. The largest absolute Gasteiger partial charge is 0.354 e. The van der Waals surface area contributed by atoms with Crippen LogP contribution in [0.25, 0.3) is 5.65 Å². The molecule has 140 valence electrons. The van der Waals surface area contributed by atoms with Gasteiger partial charge >= 0.3 is 0 Å². The number of aromatic amines is 1. The number of nitrogens with zero attached hydrogens (tertiary/aromatic N) is 3. The number of carbonyl (C=O) groups excluding carboxylic acids is 2. The lowest BCUT2D eigenvalue weighted by molar-refractivity contribution is 0.0909. The van der Waals surface area contributed by atoms with Crippen molar-refractivity contribution < 1.29 is 9.59 Å². The Morgan fingerprint density at radius 3 is 2.93 bits per heavy atom. The van der Waals surface area contributed by atoms with E-state index in [1.165, 1.54) is 0 Å². The van der Waals surface area contributed by atoms with Crippen molar-refractivity contribution in [3.8, 4) is 0 Å². The Bertz CT molecular complexity index is 1040. The minimum atomic E-state index is -0.193. The van der Waals surface area contributed by atoms with Crippen molar-refractivity contribution in [2.45, 2.75) is 40.0 Å². The average molecular weight is 365 g/mol. The van der Waals surface area contributed by atoms with Crippen LogP contribution in [0.2, 0.25) is 0 Å². The summed E-state index contributed by atoms with van der Waals surface area (Å²) in [4.78, 5) is 28.3. The average Bonchev–Trinajstić information content (AvgIpc) is 3.15. The highest BCUT2D eigenvalue weighted by atomic mass is 16.2. The smallest absolute Gasteiger partial charge is 0.268 e. The van der Waals surface area contributed by atoms with Crippen molar-refractivity contribution in [2.24, 2.45) is 5.41 Å². The van der Waals surface area contributed by atoms with Crippen LogP contribution in [-0.4, -0.2) is 37.8 Å². The second-order valence-electron chi connectivity index (χ2n) is 7.97. The summed E-state index contributed by atoms with van der Waals surface area (Å²) in [6.07, 6.45) is 3.76. The molecule has 0 atom stereocenters. The zero-order chi connectivity index (χ0) is 19.2. The number of fused-ring (bicyclic) bond motifs is 2. The molecule has 0 saturated heterocycles. The highest BCUT2D eigenvalue weighted by molar-refractivity contribution is 6.04. The molecule has 0 fully saturated rings. The van der Waals surface area contributed by atoms with Gasteiger partial charge in [0.05, 0.1) is 0 Å². The highest BCUT2D eigenvalue weighted by Crippen LogP contribution is 2.36. The number of carbonyl (C=O) groups is 2. The molecule has 0 aromatic carbocycles. The maximum atomic E-state index is 12.6. The minimum Gasteiger partial charge on any atom is -0.354 e. The number of H-pyrrole nitrogens is 1. The molecule has 1 aliphatic carbocycles. The van der Waals surface area contributed by atoms with Crippen molar-refractivity contribution >= 4 is 17.3 Å². The Morgan fingerprint density at radius 1 is 1.30 bits per heavy atom. The molecule has 3 aromatic heterocycles. The van der Waals surface area contributed by atoms with Crippen LogP contribution < -0.4 is 5.32 Å². The number of rotatable bonds is 4. The molecule has 0 bridgehead atoms. The van der Waals surface area contributed by atoms with Crippen molar-refractivity contribution in [1.29, 1.82) is 0 Å². The molecule has 0 spiro atoms. The lowest BCUT2D eigenvalue weighted by atomic mass is 9.75. The van der Waals surface area contributed by atoms with E-state index in [1.807, 2.05) is 35.7 Å². The first-order valence-corrected chi connectivity index (χ1v) is 9.17. The maximum absolute atomic E-state index is 12.6. The molecule has 27 heavy (non-hydrogen) atoms. The minimum absolute atomic E-state index is 0.0795. The van der Waals surface area contributed by atoms with Gasteiger partial charge in [-0.05, 0) is 36.5 Å². The van der Waals surface area contributed by atoms with Crippen LogP contribution in [0.15, 0.2) is 24.4 Å². The normalized spacial score (nSPS) is 15.7. The van der Waals surface area contributed by atoms with Crippen LogP contribution in [0, 0.1) is 12.3 Å². The van der Waals surface area contributed by atoms with Gasteiger partial charge in [-0.1, -0.05) is 19.9 Å². The molecule has 3 aromatic rings. The third-order valence-corrected chi connectivity index (χ3v) is 5.15. The highest BCUT2D eigenvalue weighted by Gasteiger charge is 2.35. The first-order valence-electron chi connectivity index (χ1n) is 9.17. The standard InChI is InChI=1S/C20H23N5O2/c1-12-17-13(10-20(2,3)11-14(17)26)22-18(12)19(27)21-8-7-16-24-23-15-6-4-5-9-25(15)16/h4-6,9,22H,7-8,10-11H2,1-3H3,(H,21,27). The topological polar surface area (TPSA) is 92.2 Å². The zero-order valence-electron chi connectivity index (χ0n) is 15.8. The summed E-state index contributed by atoms with van der Waals surface area (Å²) in [5.74, 6) is 0.718. The summed E-state index contributed by atoms with van der Waals surface area (Å²) in [5.41, 5.74) is 3.51. The lowest BCUT2D eigenvalue weighted by Gasteiger charge is -2.28. The molecule has 1 amide bonds. The Kier molecular flexibility index (Phi) is 4.09. The molecule has 4 rings (SSSR count). The van der Waals surface area contributed by atoms with E-state index in [-0.39, 0.29) is 17.1 Å². The summed E-state index contributed by atoms with van der Waals surface area (Å²) in [7, 11) is 0. The first-order chi connectivity index (χ1) is 12.9. The summed E-state index contributed by atoms with van der Waals surface area (Å²) in [5, 5.41) is 11.2. The van der Waals surface area contributed by atoms with Crippen LogP contribution >= 0.6 is 0 Å². The third-order valence-electron chi connectivity index (χ3n) is 5.15. The van der Waals surface area contributed by atoms with E-state index in [0.29, 0.717) is 30.6 Å². The molecule has 0 saturated carbocycles. The van der Waals surface area contributed by atoms with E-state index in [0.717, 1.165) is 29.1 Å². The summed E-state index contributed by atoms with van der Waals surface area (Å²) in [6.45, 7) is 6.43. The van der Waals surface area contributed by atoms with Gasteiger partial charge in [-0.2, -0.15) is 0 Å². The van der Waals surface area contributed by atoms with Crippen molar-refractivity contribution in [3.05, 3.63) is 52.7 Å². The number of hydrogen-bond donors (Lipinski definition) is 2. The van der Waals surface area contributed by atoms with Gasteiger partial charge in [0, 0.05) is 36.8 Å². The van der Waals surface area contributed by atoms with E-state index in [1.54, 1.807) is 0 Å². The fraction of sp³-hybridized carbons (Fsp3) is 0.400. The lowest BCUT2D eigenvalue weighted by Crippen LogP contribution is -2.27. The van der Waals surface area contributed by atoms with Gasteiger partial charge in [0.25, 0.3) is 5.91 Å². The van der Waals surface area contributed by atoms with Gasteiger partial charge < -0.3 is 10.3 Å². The monoisotopic (exact) mass is 365 g/mol. The fourth-order valence-electron chi connectivity index (χ4n) is 3.90. The van der Waals surface area contributed by atoms with Crippen molar-refractivity contribution in [2.75, 3.05) is 6.54 Å². The van der Waals surface area contributed by atoms with Gasteiger partial charge in [0.15, 0.2) is 11.4 Å². The number of aromatic nitrogens is 4. The number of nitrogens with one attached hydrogen (secondary N) is 2. The number of ketones is 1. The fourth-order valence-corrected chi connectivity index (χ4v) is 3.90. The molecule has 7 heteroatoms. The molecule has 0 aliphatic heterocycles. The molecule has 3 heterocycles. The van der Waals surface area contributed by atoms with E-state index in [2.05, 4.69) is 34.3 Å². The molecule has 2 N–H and O–H groups in total. The Balaban J connectivity index is 1.47. The number of pyridine rings is 1. The van der Waals surface area contributed by atoms with Crippen LogP contribution in [0.1, 0.15) is 58.2 Å². The molecule has 0 radical (unpaired) electrons. The second-order valence-corrected chi connectivity index (χ2v) is 7.97. The van der Waals surface area contributed by atoms with Crippen LogP contribution in [0.5, 0.6) is 0 Å². The Labute approximate surface area is 157 Å². The van der Waals surface area contributed by atoms with E-state index in [9.17, 15) is 9.59 Å². The second kappa shape index (κ2) is 6.33. The van der Waals surface area contributed by atoms with Crippen molar-refractivity contribution in [3.63, 3.8) is 0 Å². The number of amides is 1. The third kappa shape index (κ3) is 3.13. The van der Waals surface area contributed by atoms with Gasteiger partial charge in [0.1, 0.15) is 11.5 Å². The summed E-state index contributed by atoms with van der Waals surface area (Å²) >= 11 is 0. The zero-order valence-corrected chi connectivity index (χ0v) is 15.8. The van der Waals surface area contributed by atoms with Crippen LogP contribution in [0.4, 0.5) is 0 Å². The predicted molar refractivity (Wildman–Crippen MR) is 101 cm³/mol. The molecular formula is C20H23N5O2. The summed E-state index contributed by atoms with van der Waals surface area (Å²) < 4.78 is 1.91. The van der Waals surface area contributed by atoms with Gasteiger partial charge in [-0.15, -0.1) is 10.2 Å². The van der Waals surface area contributed by atoms with Crippen LogP contribution in [0.3, 0.4) is 0 Å². The van der Waals surface area contributed by atoms with E-state index in [4.69, 9.17) is 0 Å². The Morgan fingerprint density at radius 2 is 2.11 bits per heavy atom. The van der Waals surface area contributed by atoms with E-state index < -0.39 is 0 Å². The van der Waals surface area contributed by atoms with Gasteiger partial charge in [-0.3, -0.25) is 14.0 Å². The Hall–Kier alpha value is -2.96. The maximum Gasteiger partial charge on any atom is 0.268 e. The van der Waals surface area contributed by atoms with Crippen LogP contribution in [-0.2, 0) is 12.8 Å². The molecule has 0 unspecified atom stereocenters. The number of hydrogen-bond acceptors (Lipinski definition) is 4. The summed E-state index contributed by atoms with van der Waals surface area (Å²) in [6, 6.07) is 5.72. The molecule has 1 aliphatic rings. The van der Waals surface area contributed by atoms with Gasteiger partial charge in [0.2, 0.25) is 0 Å². The number of Topliss-reactive ketones (excluding diaryl/α,β-unsaturated/α-hetero) is 1. The predicted octanol–water partition coefficient (Wildman–Crippen LogP) is 2.49. The van der Waals surface area contributed by atoms with Gasteiger partial charge in [-0.25, -0.2) is 0 Å². The molecular weight excluding hydrogens is 342 g/mol.